The Labute approximate surface area is 182 Å². The average Bonchev–Trinajstić information content (AvgIpc) is 2.75. The van der Waals surface area contributed by atoms with E-state index < -0.39 is 40.8 Å². The van der Waals surface area contributed by atoms with Crippen molar-refractivity contribution in [3.63, 3.8) is 0 Å². The molecule has 0 aliphatic carbocycles. The number of halogens is 5. The number of H-pyrrole nitrogens is 1. The molecule has 3 heterocycles. The largest absolute Gasteiger partial charge is 0.573 e. The monoisotopic (exact) mass is 467 g/mol. The molecule has 1 unspecified atom stereocenters. The van der Waals surface area contributed by atoms with Crippen molar-refractivity contribution < 1.29 is 36.2 Å². The van der Waals surface area contributed by atoms with Gasteiger partial charge in [0.1, 0.15) is 11.2 Å². The molecule has 0 saturated carbocycles. The average molecular weight is 467 g/mol. The molecule has 1 aromatic carbocycles. The maximum absolute atomic E-state index is 14.6. The predicted molar refractivity (Wildman–Crippen MR) is 103 cm³/mol. The summed E-state index contributed by atoms with van der Waals surface area (Å²) in [5.74, 6) is -4.25. The molecule has 172 valence electrons. The molecular weight excluding hydrogens is 453 g/mol. The molecule has 0 radical (unpaired) electrons. The number of fused-ring (bicyclic) bond motifs is 1. The summed E-state index contributed by atoms with van der Waals surface area (Å²) in [6.45, 7) is -0.121. The van der Waals surface area contributed by atoms with Crippen molar-refractivity contribution in [3.8, 4) is 11.5 Å². The fourth-order valence-electron chi connectivity index (χ4n) is 3.56. The van der Waals surface area contributed by atoms with Crippen LogP contribution in [0.25, 0.3) is 0 Å². The number of aromatic nitrogens is 2. The topological polar surface area (TPSA) is 93.3 Å². The van der Waals surface area contributed by atoms with E-state index in [9.17, 15) is 31.5 Å². The van der Waals surface area contributed by atoms with Gasteiger partial charge in [-0.15, -0.1) is 13.2 Å². The van der Waals surface area contributed by atoms with E-state index in [0.717, 1.165) is 42.7 Å². The van der Waals surface area contributed by atoms with Gasteiger partial charge >= 0.3 is 6.36 Å². The Bertz CT molecular complexity index is 1260. The molecule has 3 aromatic rings. The Balaban J connectivity index is 1.84. The molecule has 12 heteroatoms. The number of hydrogen-bond donors (Lipinski definition) is 2. The van der Waals surface area contributed by atoms with E-state index in [4.69, 9.17) is 4.74 Å². The third kappa shape index (κ3) is 4.36. The highest BCUT2D eigenvalue weighted by Gasteiger charge is 2.44. The normalized spacial score (nSPS) is 17.6. The second-order valence-corrected chi connectivity index (χ2v) is 7.06. The molecule has 1 amide bonds. The first-order chi connectivity index (χ1) is 15.6. The van der Waals surface area contributed by atoms with E-state index in [1.807, 2.05) is 0 Å². The van der Waals surface area contributed by atoms with Crippen LogP contribution in [0, 0.1) is 11.6 Å². The molecule has 0 spiro atoms. The Morgan fingerprint density at radius 3 is 2.61 bits per heavy atom. The van der Waals surface area contributed by atoms with E-state index in [0.29, 0.717) is 0 Å². The Morgan fingerprint density at radius 2 is 1.94 bits per heavy atom. The highest BCUT2D eigenvalue weighted by atomic mass is 19.4. The van der Waals surface area contributed by atoms with Crippen LogP contribution in [0.15, 0.2) is 53.6 Å². The van der Waals surface area contributed by atoms with Gasteiger partial charge in [0.05, 0.1) is 12.2 Å². The zero-order chi connectivity index (χ0) is 23.8. The number of carbonyl (C=O) groups is 1. The van der Waals surface area contributed by atoms with Crippen LogP contribution in [0.2, 0.25) is 0 Å². The van der Waals surface area contributed by atoms with Crippen molar-refractivity contribution in [2.24, 2.45) is 0 Å². The van der Waals surface area contributed by atoms with Gasteiger partial charge in [0, 0.05) is 24.9 Å². The number of hydrogen-bond acceptors (Lipinski definition) is 5. The number of aromatic amines is 1. The van der Waals surface area contributed by atoms with Crippen LogP contribution in [0.1, 0.15) is 28.0 Å². The van der Waals surface area contributed by atoms with Crippen molar-refractivity contribution in [1.82, 2.24) is 15.3 Å². The van der Waals surface area contributed by atoms with Crippen LogP contribution in [0.5, 0.6) is 11.5 Å². The number of carbonyl (C=O) groups excluding carboxylic acids is 1. The van der Waals surface area contributed by atoms with Crippen molar-refractivity contribution in [3.05, 3.63) is 87.6 Å². The van der Waals surface area contributed by atoms with Crippen LogP contribution in [0.4, 0.5) is 22.0 Å². The van der Waals surface area contributed by atoms with Gasteiger partial charge in [-0.1, -0.05) is 6.07 Å². The molecular formula is C21H14F5N3O4. The van der Waals surface area contributed by atoms with Crippen LogP contribution in [0.3, 0.4) is 0 Å². The molecule has 1 atom stereocenters. The van der Waals surface area contributed by atoms with Gasteiger partial charge < -0.3 is 19.8 Å². The second-order valence-electron chi connectivity index (χ2n) is 7.06. The van der Waals surface area contributed by atoms with Gasteiger partial charge in [0.15, 0.2) is 23.1 Å². The number of rotatable bonds is 4. The number of nitrogens with one attached hydrogen (secondary N) is 2. The van der Waals surface area contributed by atoms with E-state index in [-0.39, 0.29) is 35.6 Å². The molecule has 7 nitrogen and oxygen atoms in total. The molecule has 4 rings (SSSR count). The quantitative estimate of drug-likeness (QED) is 0.574. The summed E-state index contributed by atoms with van der Waals surface area (Å²) in [5.41, 5.74) is -2.22. The van der Waals surface area contributed by atoms with Gasteiger partial charge in [-0.3, -0.25) is 14.6 Å². The fourth-order valence-corrected chi connectivity index (χ4v) is 3.56. The lowest BCUT2D eigenvalue weighted by Gasteiger charge is -2.39. The molecule has 2 N–H and O–H groups in total. The third-order valence-corrected chi connectivity index (χ3v) is 5.01. The number of alkyl halides is 3. The van der Waals surface area contributed by atoms with E-state index in [2.05, 4.69) is 20.0 Å². The van der Waals surface area contributed by atoms with Gasteiger partial charge in [0.25, 0.3) is 5.91 Å². The Kier molecular flexibility index (Phi) is 5.52. The van der Waals surface area contributed by atoms with Crippen LogP contribution in [-0.2, 0) is 5.54 Å². The molecule has 0 fully saturated rings. The SMILES string of the molecule is O=C(NC1(c2ccc(OC(F)(F)F)c(F)c2)CCOc2c(F)ccnc21)c1ccc(=O)[nH]c1. The summed E-state index contributed by atoms with van der Waals surface area (Å²) in [7, 11) is 0. The number of nitrogens with zero attached hydrogens (tertiary/aromatic N) is 1. The summed E-state index contributed by atoms with van der Waals surface area (Å²) < 4.78 is 75.6. The first-order valence-electron chi connectivity index (χ1n) is 9.44. The van der Waals surface area contributed by atoms with Crippen molar-refractivity contribution in [2.75, 3.05) is 6.61 Å². The number of ether oxygens (including phenoxy) is 2. The maximum Gasteiger partial charge on any atom is 0.573 e. The number of amides is 1. The summed E-state index contributed by atoms with van der Waals surface area (Å²) in [5, 5.41) is 2.66. The van der Waals surface area contributed by atoms with Gasteiger partial charge in [-0.2, -0.15) is 0 Å². The predicted octanol–water partition coefficient (Wildman–Crippen LogP) is 3.40. The second kappa shape index (κ2) is 8.19. The van der Waals surface area contributed by atoms with Gasteiger partial charge in [0.2, 0.25) is 5.56 Å². The first kappa shape index (κ1) is 22.2. The third-order valence-electron chi connectivity index (χ3n) is 5.01. The molecule has 2 aromatic heterocycles. The molecule has 1 aliphatic heterocycles. The molecule has 1 aliphatic rings. The summed E-state index contributed by atoms with van der Waals surface area (Å²) in [6.07, 6.45) is -2.91. The minimum Gasteiger partial charge on any atom is -0.488 e. The van der Waals surface area contributed by atoms with Crippen LogP contribution in [-0.4, -0.2) is 28.8 Å². The summed E-state index contributed by atoms with van der Waals surface area (Å²) >= 11 is 0. The van der Waals surface area contributed by atoms with Gasteiger partial charge in [-0.05, 0) is 29.8 Å². The maximum atomic E-state index is 14.6. The van der Waals surface area contributed by atoms with E-state index in [1.54, 1.807) is 0 Å². The van der Waals surface area contributed by atoms with Crippen molar-refractivity contribution in [2.45, 2.75) is 18.3 Å². The fraction of sp³-hybridized carbons (Fsp3) is 0.190. The number of benzene rings is 1. The van der Waals surface area contributed by atoms with Gasteiger partial charge in [-0.25, -0.2) is 8.78 Å². The van der Waals surface area contributed by atoms with Crippen molar-refractivity contribution >= 4 is 5.91 Å². The van der Waals surface area contributed by atoms with Crippen LogP contribution < -0.4 is 20.3 Å². The first-order valence-corrected chi connectivity index (χ1v) is 9.44. The zero-order valence-corrected chi connectivity index (χ0v) is 16.5. The number of pyridine rings is 2. The highest BCUT2D eigenvalue weighted by Crippen LogP contribution is 2.43. The lowest BCUT2D eigenvalue weighted by Crippen LogP contribution is -2.50. The molecule has 33 heavy (non-hydrogen) atoms. The zero-order valence-electron chi connectivity index (χ0n) is 16.5. The van der Waals surface area contributed by atoms with Crippen LogP contribution >= 0.6 is 0 Å². The minimum atomic E-state index is -5.12. The van der Waals surface area contributed by atoms with E-state index >= 15 is 0 Å². The standard InChI is InChI=1S/C21H14F5N3O4/c22-13-5-7-27-18-17(13)32-8-6-20(18,29-19(31)11-1-4-16(30)28-10-11)12-2-3-15(14(23)9-12)33-21(24,25)26/h1-5,7,9-10H,6,8H2,(H,28,30)(H,29,31). The summed E-state index contributed by atoms with van der Waals surface area (Å²) in [4.78, 5) is 30.7. The molecule has 0 bridgehead atoms. The highest BCUT2D eigenvalue weighted by molar-refractivity contribution is 5.94. The molecule has 0 saturated heterocycles. The smallest absolute Gasteiger partial charge is 0.488 e. The Hall–Kier alpha value is -3.96. The summed E-state index contributed by atoms with van der Waals surface area (Å²) in [6, 6.07) is 5.98. The lowest BCUT2D eigenvalue weighted by molar-refractivity contribution is -0.275. The van der Waals surface area contributed by atoms with E-state index in [1.165, 1.54) is 6.07 Å². The minimum absolute atomic E-state index is 0.0186. The Morgan fingerprint density at radius 1 is 1.15 bits per heavy atom. The van der Waals surface area contributed by atoms with Crippen molar-refractivity contribution in [1.29, 1.82) is 0 Å². The lowest BCUT2D eigenvalue weighted by atomic mass is 9.81.